The average molecular weight is 278 g/mol. The number of hydrogen-bond donors (Lipinski definition) is 2. The SMILES string of the molecule is CN(C(=O)C(N)CCC(=O)O)C1CCS(=O)(=O)C1. The quantitative estimate of drug-likeness (QED) is 0.654. The number of carboxylic acid groups (broad SMARTS) is 1. The number of nitrogens with zero attached hydrogens (tertiary/aromatic N) is 1. The first-order chi connectivity index (χ1) is 8.23. The van der Waals surface area contributed by atoms with Crippen molar-refractivity contribution in [3.05, 3.63) is 0 Å². The number of sulfone groups is 1. The summed E-state index contributed by atoms with van der Waals surface area (Å²) in [6, 6.07) is -1.24. The Bertz CT molecular complexity index is 434. The fourth-order valence-electron chi connectivity index (χ4n) is 1.92. The van der Waals surface area contributed by atoms with Gasteiger partial charge < -0.3 is 15.7 Å². The van der Waals surface area contributed by atoms with Crippen molar-refractivity contribution in [1.82, 2.24) is 4.90 Å². The molecular formula is C10H18N2O5S. The van der Waals surface area contributed by atoms with E-state index in [1.807, 2.05) is 0 Å². The molecule has 1 aliphatic rings. The summed E-state index contributed by atoms with van der Waals surface area (Å²) < 4.78 is 22.6. The van der Waals surface area contributed by atoms with E-state index in [2.05, 4.69) is 0 Å². The molecule has 0 aromatic carbocycles. The third-order valence-corrected chi connectivity index (χ3v) is 4.84. The second-order valence-corrected chi connectivity index (χ2v) is 6.77. The Labute approximate surface area is 106 Å². The summed E-state index contributed by atoms with van der Waals surface area (Å²) in [5, 5.41) is 8.50. The molecule has 1 saturated heterocycles. The number of rotatable bonds is 5. The molecule has 1 rings (SSSR count). The van der Waals surface area contributed by atoms with Gasteiger partial charge in [-0.1, -0.05) is 0 Å². The summed E-state index contributed by atoms with van der Waals surface area (Å²) in [5.41, 5.74) is 5.60. The summed E-state index contributed by atoms with van der Waals surface area (Å²) in [7, 11) is -1.55. The lowest BCUT2D eigenvalue weighted by Crippen LogP contribution is -2.47. The molecular weight excluding hydrogens is 260 g/mol. The molecule has 1 aliphatic heterocycles. The van der Waals surface area contributed by atoms with Crippen molar-refractivity contribution in [3.8, 4) is 0 Å². The van der Waals surface area contributed by atoms with E-state index in [0.717, 1.165) is 0 Å². The lowest BCUT2D eigenvalue weighted by molar-refractivity contribution is -0.137. The molecule has 1 fully saturated rings. The number of aliphatic carboxylic acids is 1. The second kappa shape index (κ2) is 5.66. The number of nitrogens with two attached hydrogens (primary N) is 1. The molecule has 7 nitrogen and oxygen atoms in total. The van der Waals surface area contributed by atoms with Crippen molar-refractivity contribution < 1.29 is 23.1 Å². The predicted molar refractivity (Wildman–Crippen MR) is 64.7 cm³/mol. The van der Waals surface area contributed by atoms with Crippen molar-refractivity contribution >= 4 is 21.7 Å². The van der Waals surface area contributed by atoms with E-state index in [0.29, 0.717) is 6.42 Å². The van der Waals surface area contributed by atoms with Crippen LogP contribution in [-0.2, 0) is 19.4 Å². The van der Waals surface area contributed by atoms with Crippen LogP contribution in [-0.4, -0.2) is 60.9 Å². The zero-order chi connectivity index (χ0) is 13.9. The first kappa shape index (κ1) is 14.9. The van der Waals surface area contributed by atoms with E-state index >= 15 is 0 Å². The molecule has 2 unspecified atom stereocenters. The topological polar surface area (TPSA) is 118 Å². The Morgan fingerprint density at radius 2 is 2.11 bits per heavy atom. The maximum atomic E-state index is 11.9. The molecule has 0 aromatic heterocycles. The van der Waals surface area contributed by atoms with Crippen LogP contribution in [0.25, 0.3) is 0 Å². The van der Waals surface area contributed by atoms with Gasteiger partial charge in [0.2, 0.25) is 5.91 Å². The molecule has 8 heteroatoms. The van der Waals surface area contributed by atoms with E-state index in [9.17, 15) is 18.0 Å². The molecule has 0 bridgehead atoms. The van der Waals surface area contributed by atoms with Gasteiger partial charge in [0.05, 0.1) is 17.5 Å². The van der Waals surface area contributed by atoms with Crippen molar-refractivity contribution in [1.29, 1.82) is 0 Å². The number of carbonyl (C=O) groups is 2. The van der Waals surface area contributed by atoms with Gasteiger partial charge in [0.25, 0.3) is 0 Å². The Balaban J connectivity index is 2.53. The first-order valence-electron chi connectivity index (χ1n) is 5.67. The van der Waals surface area contributed by atoms with Crippen molar-refractivity contribution in [3.63, 3.8) is 0 Å². The minimum Gasteiger partial charge on any atom is -0.481 e. The fraction of sp³-hybridized carbons (Fsp3) is 0.800. The molecule has 104 valence electrons. The zero-order valence-electron chi connectivity index (χ0n) is 10.2. The number of carboxylic acids is 1. The second-order valence-electron chi connectivity index (χ2n) is 4.54. The van der Waals surface area contributed by atoms with E-state index < -0.39 is 27.8 Å². The molecule has 0 aliphatic carbocycles. The Morgan fingerprint density at radius 1 is 1.50 bits per heavy atom. The van der Waals surface area contributed by atoms with Crippen LogP contribution in [0.1, 0.15) is 19.3 Å². The monoisotopic (exact) mass is 278 g/mol. The molecule has 2 atom stereocenters. The minimum absolute atomic E-state index is 0.0408. The van der Waals surface area contributed by atoms with Gasteiger partial charge in [-0.25, -0.2) is 8.42 Å². The van der Waals surface area contributed by atoms with E-state index in [1.54, 1.807) is 0 Å². The third kappa shape index (κ3) is 3.95. The standard InChI is InChI=1S/C10H18N2O5S/c1-12(7-4-5-18(16,17)6-7)10(15)8(11)2-3-9(13)14/h7-8H,2-6,11H2,1H3,(H,13,14). The van der Waals surface area contributed by atoms with Gasteiger partial charge in [-0.2, -0.15) is 0 Å². The lowest BCUT2D eigenvalue weighted by Gasteiger charge is -2.26. The van der Waals surface area contributed by atoms with Crippen LogP contribution in [0.4, 0.5) is 0 Å². The largest absolute Gasteiger partial charge is 0.481 e. The number of carbonyl (C=O) groups excluding carboxylic acids is 1. The Morgan fingerprint density at radius 3 is 2.56 bits per heavy atom. The van der Waals surface area contributed by atoms with Crippen molar-refractivity contribution in [2.24, 2.45) is 5.73 Å². The fourth-order valence-corrected chi connectivity index (χ4v) is 3.70. The van der Waals surface area contributed by atoms with Crippen LogP contribution in [0.3, 0.4) is 0 Å². The number of hydrogen-bond acceptors (Lipinski definition) is 5. The number of likely N-dealkylation sites (N-methyl/N-ethyl adjacent to an activating group) is 1. The van der Waals surface area contributed by atoms with Gasteiger partial charge in [-0.05, 0) is 12.8 Å². The molecule has 0 spiro atoms. The highest BCUT2D eigenvalue weighted by molar-refractivity contribution is 7.91. The zero-order valence-corrected chi connectivity index (χ0v) is 11.0. The Hall–Kier alpha value is -1.15. The summed E-state index contributed by atoms with van der Waals surface area (Å²) in [4.78, 5) is 23.6. The van der Waals surface area contributed by atoms with Crippen molar-refractivity contribution in [2.45, 2.75) is 31.3 Å². The highest BCUT2D eigenvalue weighted by atomic mass is 32.2. The van der Waals surface area contributed by atoms with Crippen LogP contribution in [0, 0.1) is 0 Å². The Kier molecular flexibility index (Phi) is 4.69. The third-order valence-electron chi connectivity index (χ3n) is 3.09. The van der Waals surface area contributed by atoms with Gasteiger partial charge in [0.1, 0.15) is 0 Å². The summed E-state index contributed by atoms with van der Waals surface area (Å²) in [6.07, 6.45) is 0.290. The molecule has 0 aromatic rings. The number of amides is 1. The van der Waals surface area contributed by atoms with Gasteiger partial charge in [0, 0.05) is 19.5 Å². The smallest absolute Gasteiger partial charge is 0.303 e. The first-order valence-corrected chi connectivity index (χ1v) is 7.49. The highest BCUT2D eigenvalue weighted by Crippen LogP contribution is 2.17. The summed E-state index contributed by atoms with van der Waals surface area (Å²) >= 11 is 0. The van der Waals surface area contributed by atoms with Crippen LogP contribution in [0.5, 0.6) is 0 Å². The van der Waals surface area contributed by atoms with Gasteiger partial charge >= 0.3 is 5.97 Å². The lowest BCUT2D eigenvalue weighted by atomic mass is 10.1. The summed E-state index contributed by atoms with van der Waals surface area (Å²) in [6.45, 7) is 0. The molecule has 3 N–H and O–H groups in total. The molecule has 0 saturated carbocycles. The van der Waals surface area contributed by atoms with E-state index in [-0.39, 0.29) is 30.4 Å². The molecule has 1 heterocycles. The van der Waals surface area contributed by atoms with Gasteiger partial charge in [-0.3, -0.25) is 9.59 Å². The molecule has 1 amide bonds. The average Bonchev–Trinajstić information content (AvgIpc) is 2.64. The molecule has 0 radical (unpaired) electrons. The van der Waals surface area contributed by atoms with Gasteiger partial charge in [0.15, 0.2) is 9.84 Å². The van der Waals surface area contributed by atoms with Crippen LogP contribution >= 0.6 is 0 Å². The maximum Gasteiger partial charge on any atom is 0.303 e. The maximum absolute atomic E-state index is 11.9. The van der Waals surface area contributed by atoms with E-state index in [1.165, 1.54) is 11.9 Å². The highest BCUT2D eigenvalue weighted by Gasteiger charge is 2.34. The van der Waals surface area contributed by atoms with Crippen LogP contribution in [0.2, 0.25) is 0 Å². The predicted octanol–water partition coefficient (Wildman–Crippen LogP) is -1.18. The van der Waals surface area contributed by atoms with Gasteiger partial charge in [-0.15, -0.1) is 0 Å². The van der Waals surface area contributed by atoms with Crippen molar-refractivity contribution in [2.75, 3.05) is 18.6 Å². The van der Waals surface area contributed by atoms with Crippen LogP contribution in [0.15, 0.2) is 0 Å². The molecule has 18 heavy (non-hydrogen) atoms. The van der Waals surface area contributed by atoms with E-state index in [4.69, 9.17) is 10.8 Å². The summed E-state index contributed by atoms with van der Waals surface area (Å²) in [5.74, 6) is -1.37. The normalized spacial score (nSPS) is 23.6. The van der Waals surface area contributed by atoms with Crippen LogP contribution < -0.4 is 5.73 Å². The minimum atomic E-state index is -3.05.